The van der Waals surface area contributed by atoms with Gasteiger partial charge in [0.25, 0.3) is 5.78 Å². The zero-order valence-electron chi connectivity index (χ0n) is 4.18. The van der Waals surface area contributed by atoms with Crippen molar-refractivity contribution in [2.75, 3.05) is 0 Å². The third-order valence-electron chi connectivity index (χ3n) is 0.515. The van der Waals surface area contributed by atoms with E-state index in [0.717, 1.165) is 0 Å². The Labute approximate surface area is 71.9 Å². The first-order chi connectivity index (χ1) is 4.15. The molecule has 0 saturated heterocycles. The van der Waals surface area contributed by atoms with Crippen molar-refractivity contribution < 1.29 is 22.4 Å². The highest BCUT2D eigenvalue weighted by molar-refractivity contribution is 14.1. The molecule has 0 bridgehead atoms. The van der Waals surface area contributed by atoms with Crippen LogP contribution in [0.1, 0.15) is 0 Å². The average Bonchev–Trinajstić information content (AvgIpc) is 1.59. The number of alkyl halides is 6. The van der Waals surface area contributed by atoms with Gasteiger partial charge in [-0.05, 0) is 22.6 Å². The zero-order valence-corrected chi connectivity index (χ0v) is 7.09. The Kier molecular flexibility index (Phi) is 2.92. The molecule has 0 rings (SSSR count). The maximum absolute atomic E-state index is 12.0. The molecule has 60 valence electrons. The van der Waals surface area contributed by atoms with Gasteiger partial charge in [0.2, 0.25) is 0 Å². The molecule has 0 fully saturated rings. The lowest BCUT2D eigenvalue weighted by molar-refractivity contribution is -0.174. The Morgan fingerprint density at radius 1 is 1.30 bits per heavy atom. The molecular weight excluding hydrogens is 290 g/mol. The first-order valence-electron chi connectivity index (χ1n) is 1.84. The van der Waals surface area contributed by atoms with Crippen LogP contribution in [0.4, 0.5) is 17.6 Å². The van der Waals surface area contributed by atoms with E-state index in [9.17, 15) is 22.4 Å². The molecule has 1 atom stereocenters. The topological polar surface area (TPSA) is 17.1 Å². The quantitative estimate of drug-likeness (QED) is 0.412. The van der Waals surface area contributed by atoms with E-state index in [1.54, 1.807) is 0 Å². The molecule has 0 N–H and O–H groups in total. The Morgan fingerprint density at radius 2 is 1.60 bits per heavy atom. The molecule has 0 aromatic rings. The van der Waals surface area contributed by atoms with Crippen molar-refractivity contribution >= 4 is 40.0 Å². The van der Waals surface area contributed by atoms with Crippen molar-refractivity contribution in [1.82, 2.24) is 0 Å². The average molecular weight is 290 g/mol. The number of carbonyl (C=O) groups is 1. The lowest BCUT2D eigenvalue weighted by Gasteiger charge is -2.09. The molecule has 0 aliphatic heterocycles. The van der Waals surface area contributed by atoms with Crippen LogP contribution in [-0.4, -0.2) is 15.1 Å². The Morgan fingerprint density at radius 3 is 1.60 bits per heavy atom. The normalized spacial score (nSPS) is 18.2. The van der Waals surface area contributed by atoms with E-state index in [1.807, 2.05) is 0 Å². The highest BCUT2D eigenvalue weighted by atomic mass is 127. The Hall–Kier alpha value is 0.410. The number of hydrogen-bond donors (Lipinski definition) is 0. The number of hydrogen-bond acceptors (Lipinski definition) is 1. The zero-order chi connectivity index (χ0) is 8.58. The maximum Gasteiger partial charge on any atom is 0.455 e. The summed E-state index contributed by atoms with van der Waals surface area (Å²) >= 11 is 4.98. The highest BCUT2D eigenvalue weighted by Gasteiger charge is 2.51. The second-order valence-corrected chi connectivity index (χ2v) is 3.97. The third kappa shape index (κ3) is 3.00. The molecule has 0 saturated carbocycles. The summed E-state index contributed by atoms with van der Waals surface area (Å²) in [4.78, 5) is 9.85. The predicted octanol–water partition coefficient (Wildman–Crippen LogP) is 2.41. The predicted molar refractivity (Wildman–Crippen MR) is 34.8 cm³/mol. The molecule has 10 heavy (non-hydrogen) atoms. The van der Waals surface area contributed by atoms with Crippen LogP contribution in [0.25, 0.3) is 0 Å². The van der Waals surface area contributed by atoms with E-state index >= 15 is 0 Å². The summed E-state index contributed by atoms with van der Waals surface area (Å²) in [5.41, 5.74) is 0. The summed E-state index contributed by atoms with van der Waals surface area (Å²) in [5.74, 6) is -2.60. The van der Waals surface area contributed by atoms with Crippen LogP contribution in [0.2, 0.25) is 0 Å². The maximum atomic E-state index is 12.0. The summed E-state index contributed by atoms with van der Waals surface area (Å²) in [7, 11) is 0. The van der Waals surface area contributed by atoms with Crippen molar-refractivity contribution in [3.63, 3.8) is 0 Å². The molecular formula is C3ClF4IO. The monoisotopic (exact) mass is 290 g/mol. The van der Waals surface area contributed by atoms with Crippen molar-refractivity contribution in [2.45, 2.75) is 9.31 Å². The molecule has 1 unspecified atom stereocenters. The number of rotatable bonds is 1. The fourth-order valence-corrected chi connectivity index (χ4v) is 0.574. The van der Waals surface area contributed by atoms with Gasteiger partial charge in [0.15, 0.2) is 0 Å². The molecule has 1 nitrogen and oxygen atoms in total. The molecule has 0 spiro atoms. The standard InChI is InChI=1S/C3ClF4IO/c4-2(5,9)1(10)3(6,7)8. The fraction of sp³-hybridized carbons (Fsp3) is 0.667. The minimum absolute atomic E-state index is 0.557. The van der Waals surface area contributed by atoms with Gasteiger partial charge in [0.1, 0.15) is 0 Å². The molecule has 0 radical (unpaired) electrons. The van der Waals surface area contributed by atoms with Crippen LogP contribution in [0.15, 0.2) is 0 Å². The van der Waals surface area contributed by atoms with Gasteiger partial charge in [-0.2, -0.15) is 13.2 Å². The first-order valence-corrected chi connectivity index (χ1v) is 3.29. The molecule has 0 heterocycles. The van der Waals surface area contributed by atoms with Gasteiger partial charge in [0.05, 0.1) is 0 Å². The summed E-state index contributed by atoms with van der Waals surface area (Å²) in [6.07, 6.45) is -5.21. The van der Waals surface area contributed by atoms with E-state index in [1.165, 1.54) is 0 Å². The molecule has 0 aliphatic rings. The minimum Gasteiger partial charge on any atom is -0.283 e. The van der Waals surface area contributed by atoms with Gasteiger partial charge < -0.3 is 0 Å². The summed E-state index contributed by atoms with van der Waals surface area (Å²) in [6, 6.07) is 0. The second-order valence-electron chi connectivity index (χ2n) is 1.32. The van der Waals surface area contributed by atoms with Gasteiger partial charge >= 0.3 is 9.31 Å². The van der Waals surface area contributed by atoms with E-state index in [0.29, 0.717) is 22.6 Å². The molecule has 0 aromatic carbocycles. The lowest BCUT2D eigenvalue weighted by atomic mass is 10.4. The Bertz CT molecular complexity index is 132. The SMILES string of the molecule is O=C(C(F)(F)F)C(F)(Cl)I. The van der Waals surface area contributed by atoms with E-state index in [4.69, 9.17) is 0 Å². The lowest BCUT2D eigenvalue weighted by Crippen LogP contribution is -2.34. The summed E-state index contributed by atoms with van der Waals surface area (Å²) in [6.45, 7) is 0. The van der Waals surface area contributed by atoms with Crippen molar-refractivity contribution in [2.24, 2.45) is 0 Å². The van der Waals surface area contributed by atoms with Crippen LogP contribution in [0, 0.1) is 0 Å². The smallest absolute Gasteiger partial charge is 0.283 e. The van der Waals surface area contributed by atoms with Crippen LogP contribution in [0.3, 0.4) is 0 Å². The third-order valence-corrected chi connectivity index (χ3v) is 1.18. The number of halogens is 6. The largest absolute Gasteiger partial charge is 0.455 e. The summed E-state index contributed by atoms with van der Waals surface area (Å²) in [5, 5.41) is 0. The second kappa shape index (κ2) is 2.80. The van der Waals surface area contributed by atoms with E-state index in [-0.39, 0.29) is 0 Å². The van der Waals surface area contributed by atoms with Crippen molar-refractivity contribution in [3.05, 3.63) is 0 Å². The van der Waals surface area contributed by atoms with E-state index < -0.39 is 15.1 Å². The van der Waals surface area contributed by atoms with Gasteiger partial charge in [-0.1, -0.05) is 11.6 Å². The van der Waals surface area contributed by atoms with Crippen LogP contribution in [0.5, 0.6) is 0 Å². The van der Waals surface area contributed by atoms with Crippen LogP contribution in [-0.2, 0) is 4.79 Å². The number of ketones is 1. The minimum atomic E-state index is -5.21. The van der Waals surface area contributed by atoms with Crippen molar-refractivity contribution in [1.29, 1.82) is 0 Å². The van der Waals surface area contributed by atoms with E-state index in [2.05, 4.69) is 11.6 Å². The fourth-order valence-electron chi connectivity index (χ4n) is 0.161. The first kappa shape index (κ1) is 10.4. The molecule has 0 aliphatic carbocycles. The van der Waals surface area contributed by atoms with Crippen LogP contribution >= 0.6 is 34.2 Å². The highest BCUT2D eigenvalue weighted by Crippen LogP contribution is 2.34. The van der Waals surface area contributed by atoms with Gasteiger partial charge in [0, 0.05) is 0 Å². The van der Waals surface area contributed by atoms with Gasteiger partial charge in [-0.25, -0.2) is 4.39 Å². The number of carbonyl (C=O) groups excluding carboxylic acids is 1. The molecule has 0 amide bonds. The molecule has 7 heteroatoms. The summed E-state index contributed by atoms with van der Waals surface area (Å²) < 4.78 is 42.4. The van der Waals surface area contributed by atoms with Crippen molar-refractivity contribution in [3.8, 4) is 0 Å². The van der Waals surface area contributed by atoms with Gasteiger partial charge in [-0.15, -0.1) is 0 Å². The molecule has 0 aromatic heterocycles. The van der Waals surface area contributed by atoms with Crippen LogP contribution < -0.4 is 0 Å². The number of Topliss-reactive ketones (excluding diaryl/α,β-unsaturated/α-hetero) is 1. The van der Waals surface area contributed by atoms with Gasteiger partial charge in [-0.3, -0.25) is 4.79 Å². The Balaban J connectivity index is 4.40.